The number of hydrogen-bond donors (Lipinski definition) is 7. The van der Waals surface area contributed by atoms with Gasteiger partial charge in [-0.05, 0) is 12.1 Å². The quantitative estimate of drug-likeness (QED) is 0.221. The molecule has 2 fully saturated rings. The Morgan fingerprint density at radius 1 is 0.774 bits per heavy atom. The summed E-state index contributed by atoms with van der Waals surface area (Å²) in [6.45, 7) is -1.35. The predicted octanol–water partition coefficient (Wildman–Crippen LogP) is -2.83. The van der Waals surface area contributed by atoms with E-state index in [2.05, 4.69) is 4.98 Å². The van der Waals surface area contributed by atoms with Crippen molar-refractivity contribution in [2.24, 2.45) is 0 Å². The molecule has 3 rings (SSSR count). The fourth-order valence-corrected chi connectivity index (χ4v) is 3.38. The van der Waals surface area contributed by atoms with Gasteiger partial charge in [0.05, 0.1) is 13.2 Å². The maximum Gasteiger partial charge on any atom is 0.385 e. The molecule has 2 aliphatic heterocycles. The zero-order valence-electron chi connectivity index (χ0n) is 16.2. The third-order valence-electron chi connectivity index (χ3n) is 5.16. The fourth-order valence-electron chi connectivity index (χ4n) is 3.38. The minimum absolute atomic E-state index is 0.216. The molecule has 0 bridgehead atoms. The Labute approximate surface area is 176 Å². The van der Waals surface area contributed by atoms with Gasteiger partial charge in [0.1, 0.15) is 54.6 Å². The average Bonchev–Trinajstić information content (AvgIpc) is 2.79. The van der Waals surface area contributed by atoms with Crippen LogP contribution in [0.4, 0.5) is 5.69 Å². The summed E-state index contributed by atoms with van der Waals surface area (Å²) in [7, 11) is 0. The first-order valence-corrected chi connectivity index (χ1v) is 9.51. The molecule has 2 aliphatic rings. The third kappa shape index (κ3) is 4.94. The second-order valence-electron chi connectivity index (χ2n) is 7.22. The molecule has 10 atom stereocenters. The lowest BCUT2D eigenvalue weighted by molar-refractivity contribution is -0.352. The van der Waals surface area contributed by atoms with Crippen LogP contribution in [0.1, 0.15) is 0 Å². The van der Waals surface area contributed by atoms with Crippen LogP contribution in [0.3, 0.4) is 0 Å². The van der Waals surface area contributed by atoms with E-state index in [1.807, 2.05) is 0 Å². The fraction of sp³-hybridized carbons (Fsp3) is 0.667. The van der Waals surface area contributed by atoms with Crippen LogP contribution in [0, 0.1) is 5.39 Å². The van der Waals surface area contributed by atoms with Crippen molar-refractivity contribution in [2.45, 2.75) is 61.4 Å². The zero-order valence-corrected chi connectivity index (χ0v) is 16.2. The van der Waals surface area contributed by atoms with Crippen LogP contribution < -0.4 is 4.74 Å². The number of hydrogen-bond acceptors (Lipinski definition) is 12. The Morgan fingerprint density at radius 2 is 1.35 bits per heavy atom. The largest absolute Gasteiger partial charge is 0.462 e. The molecule has 13 heteroatoms. The smallest absolute Gasteiger partial charge is 0.385 e. The minimum atomic E-state index is -1.74. The highest BCUT2D eigenvalue weighted by Crippen LogP contribution is 2.30. The van der Waals surface area contributed by atoms with Crippen LogP contribution in [0.15, 0.2) is 24.3 Å². The van der Waals surface area contributed by atoms with Gasteiger partial charge in [0.15, 0.2) is 11.3 Å². The van der Waals surface area contributed by atoms with E-state index >= 15 is 0 Å². The Balaban J connectivity index is 1.70. The number of diazo groups is 1. The Bertz CT molecular complexity index is 756. The second-order valence-corrected chi connectivity index (χ2v) is 7.22. The maximum atomic E-state index is 10.5. The first kappa shape index (κ1) is 23.7. The Morgan fingerprint density at radius 3 is 1.94 bits per heavy atom. The van der Waals surface area contributed by atoms with Crippen molar-refractivity contribution in [3.05, 3.63) is 29.2 Å². The topological polar surface area (TPSA) is 207 Å². The van der Waals surface area contributed by atoms with Crippen molar-refractivity contribution < 1.29 is 54.7 Å². The van der Waals surface area contributed by atoms with E-state index in [0.717, 1.165) is 0 Å². The highest BCUT2D eigenvalue weighted by Gasteiger charge is 2.51. The molecule has 13 nitrogen and oxygen atoms in total. The van der Waals surface area contributed by atoms with E-state index in [1.165, 1.54) is 24.3 Å². The number of benzene rings is 1. The highest BCUT2D eigenvalue weighted by atomic mass is 16.7. The molecule has 0 aromatic heterocycles. The monoisotopic (exact) mass is 445 g/mol. The number of rotatable bonds is 6. The van der Waals surface area contributed by atoms with Gasteiger partial charge in [-0.1, -0.05) is 0 Å². The molecule has 31 heavy (non-hydrogen) atoms. The number of aliphatic hydroxyl groups is 7. The van der Waals surface area contributed by atoms with Crippen LogP contribution in [-0.2, 0) is 14.2 Å². The van der Waals surface area contributed by atoms with Crippen molar-refractivity contribution in [3.8, 4) is 5.75 Å². The van der Waals surface area contributed by atoms with Crippen molar-refractivity contribution in [3.63, 3.8) is 0 Å². The summed E-state index contributed by atoms with van der Waals surface area (Å²) < 4.78 is 21.7. The third-order valence-corrected chi connectivity index (χ3v) is 5.16. The van der Waals surface area contributed by atoms with Crippen molar-refractivity contribution >= 4 is 5.69 Å². The van der Waals surface area contributed by atoms with E-state index in [9.17, 15) is 35.7 Å². The summed E-state index contributed by atoms with van der Waals surface area (Å²) in [5.74, 6) is 0.216. The summed E-state index contributed by atoms with van der Waals surface area (Å²) in [5.41, 5.74) is 0.263. The summed E-state index contributed by atoms with van der Waals surface area (Å²) in [4.78, 5) is 3.00. The summed E-state index contributed by atoms with van der Waals surface area (Å²) in [6.07, 6.45) is -15.3. The summed E-state index contributed by atoms with van der Waals surface area (Å²) in [6, 6.07) is 5.72. The standard InChI is InChI=1S/C18H25N2O11/c19-20-7-1-3-8(4-2-7)28-17-15(27)13(25)16(10(6-22)30-17)31-18-14(26)12(24)11(23)9(5-21)29-18/h1-4,9-18,21-27H,5-6H2/q+1. The molecule has 7 N–H and O–H groups in total. The van der Waals surface area contributed by atoms with Crippen molar-refractivity contribution in [1.29, 1.82) is 5.39 Å². The van der Waals surface area contributed by atoms with Crippen LogP contribution >= 0.6 is 0 Å². The van der Waals surface area contributed by atoms with Crippen LogP contribution in [0.25, 0.3) is 4.98 Å². The van der Waals surface area contributed by atoms with Gasteiger partial charge in [-0.15, -0.1) is 0 Å². The van der Waals surface area contributed by atoms with Gasteiger partial charge in [0.25, 0.3) is 0 Å². The van der Waals surface area contributed by atoms with Crippen molar-refractivity contribution in [1.82, 2.24) is 0 Å². The van der Waals surface area contributed by atoms with Crippen LogP contribution in [-0.4, -0.2) is 110 Å². The van der Waals surface area contributed by atoms with Gasteiger partial charge in [-0.3, -0.25) is 0 Å². The Hall–Kier alpha value is -1.96. The average molecular weight is 445 g/mol. The molecule has 0 aliphatic carbocycles. The van der Waals surface area contributed by atoms with E-state index in [4.69, 9.17) is 24.3 Å². The predicted molar refractivity (Wildman–Crippen MR) is 98.2 cm³/mol. The highest BCUT2D eigenvalue weighted by molar-refractivity contribution is 5.46. The lowest BCUT2D eigenvalue weighted by Crippen LogP contribution is -2.65. The zero-order chi connectivity index (χ0) is 22.7. The molecule has 0 radical (unpaired) electrons. The molecule has 172 valence electrons. The van der Waals surface area contributed by atoms with Crippen molar-refractivity contribution in [2.75, 3.05) is 13.2 Å². The lowest BCUT2D eigenvalue weighted by atomic mass is 9.97. The maximum absolute atomic E-state index is 10.5. The molecule has 1 aromatic rings. The van der Waals surface area contributed by atoms with E-state index in [0.29, 0.717) is 0 Å². The molecule has 10 unspecified atom stereocenters. The molecule has 2 heterocycles. The van der Waals surface area contributed by atoms with Gasteiger partial charge >= 0.3 is 5.69 Å². The van der Waals surface area contributed by atoms with Gasteiger partial charge in [0, 0.05) is 12.1 Å². The first-order chi connectivity index (χ1) is 14.8. The van der Waals surface area contributed by atoms with E-state index in [1.54, 1.807) is 0 Å². The minimum Gasteiger partial charge on any atom is -0.462 e. The lowest BCUT2D eigenvalue weighted by Gasteiger charge is -2.45. The van der Waals surface area contributed by atoms with Crippen LogP contribution in [0.2, 0.25) is 0 Å². The van der Waals surface area contributed by atoms with Gasteiger partial charge in [-0.25, -0.2) is 0 Å². The molecule has 0 amide bonds. The first-order valence-electron chi connectivity index (χ1n) is 9.51. The van der Waals surface area contributed by atoms with Gasteiger partial charge in [0.2, 0.25) is 11.7 Å². The number of nitrogens with zero attached hydrogens (tertiary/aromatic N) is 2. The molecular formula is C18H25N2O11+. The molecule has 1 aromatic carbocycles. The van der Waals surface area contributed by atoms with Gasteiger partial charge < -0.3 is 54.7 Å². The van der Waals surface area contributed by atoms with E-state index < -0.39 is 74.6 Å². The SMILES string of the molecule is N#[N+]c1ccc(OC2OC(CO)C(OC3OC(CO)C(O)C(O)C3O)C(O)C2O)cc1. The second kappa shape index (κ2) is 10.1. The Kier molecular flexibility index (Phi) is 7.73. The summed E-state index contributed by atoms with van der Waals surface area (Å²) >= 11 is 0. The molecular weight excluding hydrogens is 420 g/mol. The van der Waals surface area contributed by atoms with Gasteiger partial charge in [-0.2, -0.15) is 0 Å². The normalized spacial score (nSPS) is 40.8. The number of aliphatic hydroxyl groups excluding tert-OH is 7. The summed E-state index contributed by atoms with van der Waals surface area (Å²) in [5, 5.41) is 78.4. The van der Waals surface area contributed by atoms with Crippen LogP contribution in [0.5, 0.6) is 5.75 Å². The molecule has 0 saturated carbocycles. The molecule has 0 spiro atoms. The molecule has 2 saturated heterocycles. The number of ether oxygens (including phenoxy) is 4. The van der Waals surface area contributed by atoms with E-state index in [-0.39, 0.29) is 11.4 Å².